The van der Waals surface area contributed by atoms with Crippen molar-refractivity contribution in [3.05, 3.63) is 0 Å². The Kier molecular flexibility index (Phi) is 7.91. The summed E-state index contributed by atoms with van der Waals surface area (Å²) in [7, 11) is 0. The van der Waals surface area contributed by atoms with Crippen LogP contribution in [0.2, 0.25) is 0 Å². The molecule has 0 aromatic carbocycles. The average Bonchev–Trinajstić information content (AvgIpc) is 2.41. The van der Waals surface area contributed by atoms with Crippen LogP contribution in [0.25, 0.3) is 0 Å². The predicted molar refractivity (Wildman–Crippen MR) is 79.3 cm³/mol. The van der Waals surface area contributed by atoms with Crippen molar-refractivity contribution in [3.8, 4) is 0 Å². The molecule has 1 aliphatic rings. The minimum Gasteiger partial charge on any atom is -0.392 e. The molecular weight excluding hydrogens is 240 g/mol. The van der Waals surface area contributed by atoms with Crippen LogP contribution in [0.4, 0.5) is 0 Å². The highest BCUT2D eigenvalue weighted by Crippen LogP contribution is 2.16. The summed E-state index contributed by atoms with van der Waals surface area (Å²) in [6, 6.07) is 0.531. The SMILES string of the molecule is CCCC1CN(C[C@H](O)CC)CCN1C[C@H](O)CC. The van der Waals surface area contributed by atoms with Gasteiger partial charge in [0.15, 0.2) is 0 Å². The van der Waals surface area contributed by atoms with Gasteiger partial charge in [-0.05, 0) is 19.3 Å². The van der Waals surface area contributed by atoms with E-state index < -0.39 is 0 Å². The molecule has 4 nitrogen and oxygen atoms in total. The zero-order valence-electron chi connectivity index (χ0n) is 12.9. The molecule has 1 aliphatic heterocycles. The number of rotatable bonds is 8. The van der Waals surface area contributed by atoms with E-state index in [0.29, 0.717) is 6.04 Å². The Morgan fingerprint density at radius 2 is 1.63 bits per heavy atom. The fraction of sp³-hybridized carbons (Fsp3) is 1.00. The van der Waals surface area contributed by atoms with Gasteiger partial charge in [-0.3, -0.25) is 9.80 Å². The summed E-state index contributed by atoms with van der Waals surface area (Å²) in [6.07, 6.45) is 3.60. The highest BCUT2D eigenvalue weighted by molar-refractivity contribution is 4.84. The number of aliphatic hydroxyl groups excluding tert-OH is 2. The molecule has 1 saturated heterocycles. The minimum absolute atomic E-state index is 0.199. The summed E-state index contributed by atoms with van der Waals surface area (Å²) in [5, 5.41) is 19.6. The zero-order chi connectivity index (χ0) is 14.3. The lowest BCUT2D eigenvalue weighted by atomic mass is 10.0. The van der Waals surface area contributed by atoms with Crippen molar-refractivity contribution in [2.75, 3.05) is 32.7 Å². The third kappa shape index (κ3) is 5.78. The minimum atomic E-state index is -0.202. The zero-order valence-corrected chi connectivity index (χ0v) is 12.9. The van der Waals surface area contributed by atoms with Crippen LogP contribution >= 0.6 is 0 Å². The van der Waals surface area contributed by atoms with E-state index >= 15 is 0 Å². The molecule has 0 spiro atoms. The van der Waals surface area contributed by atoms with E-state index in [1.807, 2.05) is 13.8 Å². The van der Waals surface area contributed by atoms with Crippen LogP contribution < -0.4 is 0 Å². The molecule has 0 bridgehead atoms. The van der Waals surface area contributed by atoms with Gasteiger partial charge in [0, 0.05) is 38.8 Å². The quantitative estimate of drug-likeness (QED) is 0.699. The van der Waals surface area contributed by atoms with Crippen molar-refractivity contribution >= 4 is 0 Å². The van der Waals surface area contributed by atoms with E-state index in [-0.39, 0.29) is 12.2 Å². The fourth-order valence-corrected chi connectivity index (χ4v) is 2.80. The molecule has 2 N–H and O–H groups in total. The van der Waals surface area contributed by atoms with Gasteiger partial charge in [0.05, 0.1) is 12.2 Å². The summed E-state index contributed by atoms with van der Waals surface area (Å²) in [6.45, 7) is 10.9. The van der Waals surface area contributed by atoms with Crippen LogP contribution in [-0.2, 0) is 0 Å². The lowest BCUT2D eigenvalue weighted by Crippen LogP contribution is -2.55. The molecule has 0 aromatic rings. The second-order valence-corrected chi connectivity index (χ2v) is 5.82. The molecule has 19 heavy (non-hydrogen) atoms. The molecule has 0 aromatic heterocycles. The van der Waals surface area contributed by atoms with Crippen molar-refractivity contribution < 1.29 is 10.2 Å². The molecule has 3 atom stereocenters. The maximum absolute atomic E-state index is 9.85. The van der Waals surface area contributed by atoms with Crippen LogP contribution in [-0.4, -0.2) is 71.0 Å². The summed E-state index contributed by atoms with van der Waals surface area (Å²) in [4.78, 5) is 4.82. The van der Waals surface area contributed by atoms with Crippen molar-refractivity contribution in [2.24, 2.45) is 0 Å². The molecule has 4 heteroatoms. The maximum atomic E-state index is 9.85. The number of hydrogen-bond acceptors (Lipinski definition) is 4. The van der Waals surface area contributed by atoms with E-state index in [4.69, 9.17) is 0 Å². The van der Waals surface area contributed by atoms with E-state index in [1.165, 1.54) is 12.8 Å². The highest BCUT2D eigenvalue weighted by Gasteiger charge is 2.27. The maximum Gasteiger partial charge on any atom is 0.0664 e. The first-order valence-corrected chi connectivity index (χ1v) is 7.93. The van der Waals surface area contributed by atoms with Gasteiger partial charge in [-0.1, -0.05) is 27.2 Å². The largest absolute Gasteiger partial charge is 0.392 e. The van der Waals surface area contributed by atoms with Crippen LogP contribution in [0.15, 0.2) is 0 Å². The molecule has 0 radical (unpaired) electrons. The first-order chi connectivity index (χ1) is 9.10. The van der Waals surface area contributed by atoms with Crippen LogP contribution in [0.5, 0.6) is 0 Å². The molecule has 0 amide bonds. The Labute approximate surface area is 118 Å². The predicted octanol–water partition coefficient (Wildman–Crippen LogP) is 1.31. The molecule has 0 aliphatic carbocycles. The topological polar surface area (TPSA) is 46.9 Å². The molecule has 1 fully saturated rings. The van der Waals surface area contributed by atoms with E-state index in [9.17, 15) is 10.2 Å². The Hall–Kier alpha value is -0.160. The number of β-amino-alcohol motifs (C(OH)–C–C–N with tert-alkyl or cyclic N) is 2. The van der Waals surface area contributed by atoms with Gasteiger partial charge >= 0.3 is 0 Å². The number of hydrogen-bond donors (Lipinski definition) is 2. The molecule has 1 rings (SSSR count). The lowest BCUT2D eigenvalue weighted by molar-refractivity contribution is 0.0110. The first-order valence-electron chi connectivity index (χ1n) is 7.93. The van der Waals surface area contributed by atoms with Crippen molar-refractivity contribution in [3.63, 3.8) is 0 Å². The summed E-state index contributed by atoms with van der Waals surface area (Å²) < 4.78 is 0. The van der Waals surface area contributed by atoms with Crippen molar-refractivity contribution in [1.29, 1.82) is 0 Å². The van der Waals surface area contributed by atoms with Gasteiger partial charge in [-0.15, -0.1) is 0 Å². The van der Waals surface area contributed by atoms with E-state index in [0.717, 1.165) is 45.6 Å². The third-order valence-electron chi connectivity index (χ3n) is 4.17. The monoisotopic (exact) mass is 272 g/mol. The van der Waals surface area contributed by atoms with E-state index in [1.54, 1.807) is 0 Å². The Bertz CT molecular complexity index is 238. The molecule has 1 unspecified atom stereocenters. The van der Waals surface area contributed by atoms with Gasteiger partial charge < -0.3 is 10.2 Å². The van der Waals surface area contributed by atoms with E-state index in [2.05, 4.69) is 16.7 Å². The summed E-state index contributed by atoms with van der Waals surface area (Å²) in [5.41, 5.74) is 0. The lowest BCUT2D eigenvalue weighted by Gasteiger charge is -2.42. The highest BCUT2D eigenvalue weighted by atomic mass is 16.3. The third-order valence-corrected chi connectivity index (χ3v) is 4.17. The second kappa shape index (κ2) is 8.90. The van der Waals surface area contributed by atoms with Gasteiger partial charge in [-0.2, -0.15) is 0 Å². The average molecular weight is 272 g/mol. The number of piperazine rings is 1. The molecular formula is C15H32N2O2. The summed E-state index contributed by atoms with van der Waals surface area (Å²) in [5.74, 6) is 0. The number of nitrogens with zero attached hydrogens (tertiary/aromatic N) is 2. The smallest absolute Gasteiger partial charge is 0.0664 e. The van der Waals surface area contributed by atoms with Gasteiger partial charge in [0.1, 0.15) is 0 Å². The van der Waals surface area contributed by atoms with Gasteiger partial charge in [0.2, 0.25) is 0 Å². The van der Waals surface area contributed by atoms with Crippen LogP contribution in [0.3, 0.4) is 0 Å². The molecule has 0 saturated carbocycles. The van der Waals surface area contributed by atoms with Crippen molar-refractivity contribution in [1.82, 2.24) is 9.80 Å². The fourth-order valence-electron chi connectivity index (χ4n) is 2.80. The van der Waals surface area contributed by atoms with Gasteiger partial charge in [-0.25, -0.2) is 0 Å². The first kappa shape index (κ1) is 16.9. The molecule has 114 valence electrons. The summed E-state index contributed by atoms with van der Waals surface area (Å²) >= 11 is 0. The Morgan fingerprint density at radius 1 is 1.00 bits per heavy atom. The van der Waals surface area contributed by atoms with Crippen molar-refractivity contribution in [2.45, 2.75) is 64.7 Å². The Balaban J connectivity index is 2.49. The Morgan fingerprint density at radius 3 is 2.21 bits per heavy atom. The standard InChI is InChI=1S/C15H32N2O2/c1-4-7-13-10-16(11-14(18)5-2)8-9-17(13)12-15(19)6-3/h13-15,18-19H,4-12H2,1-3H3/t13?,14-,15-/m1/s1. The normalized spacial score (nSPS) is 25.4. The second-order valence-electron chi connectivity index (χ2n) is 5.82. The van der Waals surface area contributed by atoms with Crippen LogP contribution in [0.1, 0.15) is 46.5 Å². The van der Waals surface area contributed by atoms with Crippen LogP contribution in [0, 0.1) is 0 Å². The molecule has 1 heterocycles. The number of aliphatic hydroxyl groups is 2. The van der Waals surface area contributed by atoms with Gasteiger partial charge in [0.25, 0.3) is 0 Å².